The molecule has 0 saturated carbocycles. The van der Waals surface area contributed by atoms with Gasteiger partial charge in [-0.2, -0.15) is 18.4 Å². The highest BCUT2D eigenvalue weighted by Gasteiger charge is 2.58. The Morgan fingerprint density at radius 3 is 2.27 bits per heavy atom. The van der Waals surface area contributed by atoms with Gasteiger partial charge in [-0.15, -0.1) is 0 Å². The van der Waals surface area contributed by atoms with E-state index in [1.165, 1.54) is 6.07 Å². The van der Waals surface area contributed by atoms with Crippen LogP contribution in [0.15, 0.2) is 0 Å². The second-order valence-corrected chi connectivity index (χ2v) is 2.39. The van der Waals surface area contributed by atoms with Crippen molar-refractivity contribution >= 4 is 0 Å². The summed E-state index contributed by atoms with van der Waals surface area (Å²) in [4.78, 5) is 0. The van der Waals surface area contributed by atoms with Gasteiger partial charge in [-0.25, -0.2) is 0 Å². The molecule has 62 valence electrons. The number of hydrogen-bond donors (Lipinski definition) is 0. The minimum absolute atomic E-state index is 0.0209. The first-order valence-electron chi connectivity index (χ1n) is 3.14. The van der Waals surface area contributed by atoms with Crippen LogP contribution in [-0.4, -0.2) is 18.4 Å². The first kappa shape index (κ1) is 8.34. The highest BCUT2D eigenvalue weighted by molar-refractivity contribution is 5.09. The fraction of sp³-hybridized carbons (Fsp3) is 0.833. The van der Waals surface area contributed by atoms with Gasteiger partial charge in [0.2, 0.25) is 5.60 Å². The number of nitrogens with zero attached hydrogens (tertiary/aromatic N) is 1. The van der Waals surface area contributed by atoms with E-state index in [1.54, 1.807) is 0 Å². The molecule has 1 atom stereocenters. The minimum Gasteiger partial charge on any atom is -0.352 e. The summed E-state index contributed by atoms with van der Waals surface area (Å²) in [6.45, 7) is 0.0209. The minimum atomic E-state index is -4.56. The van der Waals surface area contributed by atoms with Crippen LogP contribution in [0.5, 0.6) is 0 Å². The van der Waals surface area contributed by atoms with E-state index in [1.807, 2.05) is 0 Å². The van der Waals surface area contributed by atoms with Crippen molar-refractivity contribution in [2.45, 2.75) is 24.6 Å². The SMILES string of the molecule is N#CC1(C(F)(F)F)CCCO1. The first-order chi connectivity index (χ1) is 5.02. The number of halogens is 3. The third kappa shape index (κ3) is 1.18. The quantitative estimate of drug-likeness (QED) is 0.546. The van der Waals surface area contributed by atoms with Crippen molar-refractivity contribution in [1.29, 1.82) is 5.26 Å². The van der Waals surface area contributed by atoms with E-state index in [-0.39, 0.29) is 13.0 Å². The van der Waals surface area contributed by atoms with Crippen LogP contribution in [0.3, 0.4) is 0 Å². The van der Waals surface area contributed by atoms with Gasteiger partial charge in [-0.1, -0.05) is 0 Å². The molecule has 1 fully saturated rings. The lowest BCUT2D eigenvalue weighted by molar-refractivity contribution is -0.238. The summed E-state index contributed by atoms with van der Waals surface area (Å²) in [7, 11) is 0. The summed E-state index contributed by atoms with van der Waals surface area (Å²) >= 11 is 0. The average molecular weight is 165 g/mol. The van der Waals surface area contributed by atoms with Crippen LogP contribution in [0.4, 0.5) is 13.2 Å². The van der Waals surface area contributed by atoms with Crippen molar-refractivity contribution in [1.82, 2.24) is 0 Å². The highest BCUT2D eigenvalue weighted by Crippen LogP contribution is 2.40. The zero-order valence-corrected chi connectivity index (χ0v) is 5.61. The molecule has 5 heteroatoms. The molecule has 0 aromatic heterocycles. The fourth-order valence-corrected chi connectivity index (χ4v) is 1.01. The van der Waals surface area contributed by atoms with E-state index >= 15 is 0 Å². The van der Waals surface area contributed by atoms with E-state index in [0.717, 1.165) is 0 Å². The molecule has 0 aromatic rings. The monoisotopic (exact) mass is 165 g/mol. The Morgan fingerprint density at radius 2 is 2.09 bits per heavy atom. The molecule has 1 aliphatic heterocycles. The Bertz CT molecular complexity index is 187. The molecule has 0 spiro atoms. The number of hydrogen-bond acceptors (Lipinski definition) is 2. The zero-order chi connectivity index (χ0) is 8.54. The van der Waals surface area contributed by atoms with Crippen LogP contribution >= 0.6 is 0 Å². The summed E-state index contributed by atoms with van der Waals surface area (Å²) in [5.41, 5.74) is -2.52. The van der Waals surface area contributed by atoms with Gasteiger partial charge in [-0.3, -0.25) is 0 Å². The molecule has 11 heavy (non-hydrogen) atoms. The smallest absolute Gasteiger partial charge is 0.352 e. The van der Waals surface area contributed by atoms with Gasteiger partial charge >= 0.3 is 6.18 Å². The molecule has 0 amide bonds. The molecule has 0 aromatic carbocycles. The number of alkyl halides is 3. The van der Waals surface area contributed by atoms with Gasteiger partial charge in [0.1, 0.15) is 6.07 Å². The van der Waals surface area contributed by atoms with Crippen molar-refractivity contribution in [3.05, 3.63) is 0 Å². The number of nitriles is 1. The molecular weight excluding hydrogens is 159 g/mol. The summed E-state index contributed by atoms with van der Waals surface area (Å²) in [5, 5.41) is 8.26. The normalized spacial score (nSPS) is 31.8. The molecule has 1 heterocycles. The third-order valence-corrected chi connectivity index (χ3v) is 1.66. The van der Waals surface area contributed by atoms with Gasteiger partial charge in [0.05, 0.1) is 0 Å². The van der Waals surface area contributed by atoms with Gasteiger partial charge in [0.15, 0.2) is 0 Å². The van der Waals surface area contributed by atoms with Crippen molar-refractivity contribution in [2.24, 2.45) is 0 Å². The highest BCUT2D eigenvalue weighted by atomic mass is 19.4. The second-order valence-electron chi connectivity index (χ2n) is 2.39. The average Bonchev–Trinajstić information content (AvgIpc) is 2.33. The van der Waals surface area contributed by atoms with E-state index < -0.39 is 11.8 Å². The lowest BCUT2D eigenvalue weighted by Crippen LogP contribution is -2.42. The Labute approximate surface area is 61.6 Å². The van der Waals surface area contributed by atoms with Crippen LogP contribution in [-0.2, 0) is 4.74 Å². The van der Waals surface area contributed by atoms with Gasteiger partial charge in [0, 0.05) is 13.0 Å². The molecule has 0 N–H and O–H groups in total. The molecule has 2 nitrogen and oxygen atoms in total. The van der Waals surface area contributed by atoms with Crippen molar-refractivity contribution in [3.8, 4) is 6.07 Å². The summed E-state index contributed by atoms with van der Waals surface area (Å²) in [5.74, 6) is 0. The van der Waals surface area contributed by atoms with Gasteiger partial charge in [0.25, 0.3) is 0 Å². The predicted molar refractivity (Wildman–Crippen MR) is 29.6 cm³/mol. The van der Waals surface area contributed by atoms with E-state index in [2.05, 4.69) is 4.74 Å². The van der Waals surface area contributed by atoms with E-state index in [9.17, 15) is 13.2 Å². The molecule has 1 aliphatic rings. The van der Waals surface area contributed by atoms with Crippen molar-refractivity contribution in [2.75, 3.05) is 6.61 Å². The topological polar surface area (TPSA) is 33.0 Å². The molecule has 1 unspecified atom stereocenters. The summed E-state index contributed by atoms with van der Waals surface area (Å²) in [6.07, 6.45) is -4.50. The lowest BCUT2D eigenvalue weighted by atomic mass is 10.0. The van der Waals surface area contributed by atoms with Crippen molar-refractivity contribution < 1.29 is 17.9 Å². The standard InChI is InChI=1S/C6H6F3NO/c7-6(8,9)5(4-10)2-1-3-11-5/h1-3H2. The van der Waals surface area contributed by atoms with Crippen LogP contribution in [0, 0.1) is 11.3 Å². The Hall–Kier alpha value is -0.760. The fourth-order valence-electron chi connectivity index (χ4n) is 1.01. The zero-order valence-electron chi connectivity index (χ0n) is 5.61. The Kier molecular flexibility index (Phi) is 1.80. The van der Waals surface area contributed by atoms with Crippen LogP contribution in [0.2, 0.25) is 0 Å². The van der Waals surface area contributed by atoms with Crippen molar-refractivity contribution in [3.63, 3.8) is 0 Å². The second kappa shape index (κ2) is 2.38. The maximum absolute atomic E-state index is 12.1. The molecule has 0 aliphatic carbocycles. The molecule has 1 rings (SSSR count). The molecular formula is C6H6F3NO. The lowest BCUT2D eigenvalue weighted by Gasteiger charge is -2.22. The summed E-state index contributed by atoms with van der Waals surface area (Å²) in [6, 6.07) is 1.17. The largest absolute Gasteiger partial charge is 0.431 e. The molecule has 0 radical (unpaired) electrons. The maximum atomic E-state index is 12.1. The number of ether oxygens (including phenoxy) is 1. The first-order valence-corrected chi connectivity index (χ1v) is 3.14. The summed E-state index contributed by atoms with van der Waals surface area (Å²) < 4.78 is 40.6. The van der Waals surface area contributed by atoms with Crippen LogP contribution in [0.1, 0.15) is 12.8 Å². The Balaban J connectivity index is 2.86. The van der Waals surface area contributed by atoms with E-state index in [0.29, 0.717) is 6.42 Å². The third-order valence-electron chi connectivity index (χ3n) is 1.66. The Morgan fingerprint density at radius 1 is 1.45 bits per heavy atom. The number of rotatable bonds is 0. The van der Waals surface area contributed by atoms with Gasteiger partial charge < -0.3 is 4.74 Å². The maximum Gasteiger partial charge on any atom is 0.431 e. The molecule has 1 saturated heterocycles. The van der Waals surface area contributed by atoms with Crippen LogP contribution < -0.4 is 0 Å². The van der Waals surface area contributed by atoms with E-state index in [4.69, 9.17) is 5.26 Å². The molecule has 0 bridgehead atoms. The van der Waals surface area contributed by atoms with Crippen LogP contribution in [0.25, 0.3) is 0 Å². The van der Waals surface area contributed by atoms with Gasteiger partial charge in [-0.05, 0) is 6.42 Å². The predicted octanol–water partition coefficient (Wildman–Crippen LogP) is 1.62.